The molecular weight excluding hydrogens is 254 g/mol. The lowest BCUT2D eigenvalue weighted by molar-refractivity contribution is -0.148. The molecule has 0 spiro atoms. The molecule has 5 unspecified atom stereocenters. The molecule has 3 aliphatic rings. The first-order chi connectivity index (χ1) is 9.68. The van der Waals surface area contributed by atoms with E-state index < -0.39 is 0 Å². The Morgan fingerprint density at radius 3 is 2.65 bits per heavy atom. The molecule has 3 rings (SSSR count). The minimum absolute atomic E-state index is 0.179. The highest BCUT2D eigenvalue weighted by Gasteiger charge is 2.42. The number of carbonyl (C=O) groups is 1. The van der Waals surface area contributed by atoms with Crippen LogP contribution in [0.25, 0.3) is 0 Å². The minimum Gasteiger partial charge on any atom is -0.393 e. The maximum Gasteiger partial charge on any atom is 0.252 e. The van der Waals surface area contributed by atoms with Crippen LogP contribution in [-0.2, 0) is 9.53 Å². The summed E-state index contributed by atoms with van der Waals surface area (Å²) in [5.41, 5.74) is 0. The number of rotatable bonds is 2. The summed E-state index contributed by atoms with van der Waals surface area (Å²) in [6.45, 7) is 3.67. The van der Waals surface area contributed by atoms with Crippen LogP contribution in [0.15, 0.2) is 0 Å². The second-order valence-corrected chi connectivity index (χ2v) is 6.81. The molecular formula is C16H27NO3. The van der Waals surface area contributed by atoms with E-state index in [1.807, 2.05) is 0 Å². The van der Waals surface area contributed by atoms with Gasteiger partial charge in [-0.05, 0) is 44.4 Å². The molecule has 114 valence electrons. The molecule has 0 radical (unpaired) electrons. The predicted octanol–water partition coefficient (Wildman–Crippen LogP) is 1.95. The van der Waals surface area contributed by atoms with Crippen LogP contribution in [0.5, 0.6) is 0 Å². The zero-order valence-electron chi connectivity index (χ0n) is 12.5. The fourth-order valence-corrected chi connectivity index (χ4v) is 4.27. The molecule has 1 aliphatic carbocycles. The number of amides is 1. The molecule has 0 aromatic carbocycles. The Morgan fingerprint density at radius 1 is 1.15 bits per heavy atom. The Hall–Kier alpha value is -0.610. The molecule has 4 heteroatoms. The van der Waals surface area contributed by atoms with E-state index in [9.17, 15) is 9.90 Å². The zero-order chi connectivity index (χ0) is 14.1. The number of ether oxygens (including phenoxy) is 1. The highest BCUT2D eigenvalue weighted by molar-refractivity contribution is 5.82. The number of piperidine rings is 1. The SMILES string of the molecule is CC1CCOC1C(=O)N1CCCCC1C1CCCC1O. The van der Waals surface area contributed by atoms with Crippen molar-refractivity contribution >= 4 is 5.91 Å². The standard InChI is InChI=1S/C16H27NO3/c1-11-8-10-20-15(11)16(19)17-9-3-2-6-13(17)12-5-4-7-14(12)18/h11-15,18H,2-10H2,1H3. The van der Waals surface area contributed by atoms with Crippen LogP contribution in [0.1, 0.15) is 51.9 Å². The molecule has 3 fully saturated rings. The van der Waals surface area contributed by atoms with E-state index in [4.69, 9.17) is 4.74 Å². The third-order valence-electron chi connectivity index (χ3n) is 5.49. The second-order valence-electron chi connectivity index (χ2n) is 6.81. The van der Waals surface area contributed by atoms with Gasteiger partial charge in [0.25, 0.3) is 5.91 Å². The van der Waals surface area contributed by atoms with Crippen LogP contribution >= 0.6 is 0 Å². The first kappa shape index (κ1) is 14.3. The summed E-state index contributed by atoms with van der Waals surface area (Å²) in [5, 5.41) is 10.2. The van der Waals surface area contributed by atoms with Crippen LogP contribution in [-0.4, -0.2) is 47.3 Å². The van der Waals surface area contributed by atoms with Gasteiger partial charge in [-0.25, -0.2) is 0 Å². The average molecular weight is 281 g/mol. The van der Waals surface area contributed by atoms with Crippen molar-refractivity contribution in [3.05, 3.63) is 0 Å². The van der Waals surface area contributed by atoms with E-state index in [1.165, 1.54) is 6.42 Å². The van der Waals surface area contributed by atoms with Crippen LogP contribution in [0, 0.1) is 11.8 Å². The van der Waals surface area contributed by atoms with Gasteiger partial charge in [-0.15, -0.1) is 0 Å². The molecule has 1 saturated carbocycles. The third-order valence-corrected chi connectivity index (χ3v) is 5.49. The Labute approximate surface area is 121 Å². The van der Waals surface area contributed by atoms with Gasteiger partial charge >= 0.3 is 0 Å². The Morgan fingerprint density at radius 2 is 2.00 bits per heavy atom. The minimum atomic E-state index is -0.242. The molecule has 2 saturated heterocycles. The van der Waals surface area contributed by atoms with Crippen molar-refractivity contribution in [1.29, 1.82) is 0 Å². The van der Waals surface area contributed by atoms with E-state index in [2.05, 4.69) is 11.8 Å². The zero-order valence-corrected chi connectivity index (χ0v) is 12.5. The number of aliphatic hydroxyl groups is 1. The molecule has 1 amide bonds. The van der Waals surface area contributed by atoms with E-state index in [-0.39, 0.29) is 30.1 Å². The molecule has 2 aliphatic heterocycles. The number of hydrogen-bond donors (Lipinski definition) is 1. The first-order valence-electron chi connectivity index (χ1n) is 8.28. The fraction of sp³-hybridized carbons (Fsp3) is 0.938. The van der Waals surface area contributed by atoms with Gasteiger partial charge in [0.05, 0.1) is 6.10 Å². The monoisotopic (exact) mass is 281 g/mol. The van der Waals surface area contributed by atoms with Gasteiger partial charge in [-0.1, -0.05) is 13.3 Å². The highest BCUT2D eigenvalue weighted by Crippen LogP contribution is 2.36. The van der Waals surface area contributed by atoms with E-state index in [1.54, 1.807) is 0 Å². The lowest BCUT2D eigenvalue weighted by Gasteiger charge is -2.41. The molecule has 4 nitrogen and oxygen atoms in total. The highest BCUT2D eigenvalue weighted by atomic mass is 16.5. The normalized spacial score (nSPS) is 42.1. The van der Waals surface area contributed by atoms with Crippen LogP contribution in [0.4, 0.5) is 0 Å². The lowest BCUT2D eigenvalue weighted by Crippen LogP contribution is -2.53. The number of likely N-dealkylation sites (tertiary alicyclic amines) is 1. The van der Waals surface area contributed by atoms with Gasteiger partial charge in [-0.3, -0.25) is 4.79 Å². The van der Waals surface area contributed by atoms with Crippen molar-refractivity contribution in [3.63, 3.8) is 0 Å². The van der Waals surface area contributed by atoms with Crippen molar-refractivity contribution in [3.8, 4) is 0 Å². The lowest BCUT2D eigenvalue weighted by atomic mass is 9.87. The van der Waals surface area contributed by atoms with Gasteiger partial charge in [0, 0.05) is 25.1 Å². The van der Waals surface area contributed by atoms with Crippen molar-refractivity contribution in [2.24, 2.45) is 11.8 Å². The fourth-order valence-electron chi connectivity index (χ4n) is 4.27. The number of hydrogen-bond acceptors (Lipinski definition) is 3. The Balaban J connectivity index is 1.73. The molecule has 5 atom stereocenters. The number of nitrogens with zero attached hydrogens (tertiary/aromatic N) is 1. The van der Waals surface area contributed by atoms with Crippen LogP contribution in [0.3, 0.4) is 0 Å². The summed E-state index contributed by atoms with van der Waals surface area (Å²) in [7, 11) is 0. The van der Waals surface area contributed by atoms with Gasteiger partial charge in [0.2, 0.25) is 0 Å². The van der Waals surface area contributed by atoms with Crippen LogP contribution < -0.4 is 0 Å². The Bertz CT molecular complexity index is 360. The van der Waals surface area contributed by atoms with E-state index in [0.717, 1.165) is 45.1 Å². The number of carbonyl (C=O) groups excluding carboxylic acids is 1. The van der Waals surface area contributed by atoms with Crippen LogP contribution in [0.2, 0.25) is 0 Å². The van der Waals surface area contributed by atoms with Gasteiger partial charge in [0.15, 0.2) is 0 Å². The first-order valence-corrected chi connectivity index (χ1v) is 8.28. The summed E-state index contributed by atoms with van der Waals surface area (Å²) in [6.07, 6.45) is 6.92. The molecule has 0 aromatic heterocycles. The summed E-state index contributed by atoms with van der Waals surface area (Å²) in [5.74, 6) is 0.799. The van der Waals surface area contributed by atoms with Gasteiger partial charge in [-0.2, -0.15) is 0 Å². The Kier molecular flexibility index (Phi) is 4.32. The summed E-state index contributed by atoms with van der Waals surface area (Å²) in [6, 6.07) is 0.241. The summed E-state index contributed by atoms with van der Waals surface area (Å²) >= 11 is 0. The molecule has 0 bridgehead atoms. The van der Waals surface area contributed by atoms with Crippen molar-refractivity contribution in [2.45, 2.75) is 70.1 Å². The smallest absolute Gasteiger partial charge is 0.252 e. The molecule has 2 heterocycles. The van der Waals surface area contributed by atoms with E-state index in [0.29, 0.717) is 12.5 Å². The van der Waals surface area contributed by atoms with Crippen molar-refractivity contribution in [1.82, 2.24) is 4.90 Å². The quantitative estimate of drug-likeness (QED) is 0.841. The van der Waals surface area contributed by atoms with Gasteiger partial charge < -0.3 is 14.7 Å². The van der Waals surface area contributed by atoms with E-state index >= 15 is 0 Å². The molecule has 1 N–H and O–H groups in total. The summed E-state index contributed by atoms with van der Waals surface area (Å²) in [4.78, 5) is 14.9. The topological polar surface area (TPSA) is 49.8 Å². The maximum absolute atomic E-state index is 12.8. The third kappa shape index (κ3) is 2.60. The summed E-state index contributed by atoms with van der Waals surface area (Å²) < 4.78 is 5.66. The van der Waals surface area contributed by atoms with Crippen molar-refractivity contribution in [2.75, 3.05) is 13.2 Å². The average Bonchev–Trinajstić information content (AvgIpc) is 3.06. The molecule has 20 heavy (non-hydrogen) atoms. The molecule has 0 aromatic rings. The van der Waals surface area contributed by atoms with Crippen molar-refractivity contribution < 1.29 is 14.6 Å². The largest absolute Gasteiger partial charge is 0.393 e. The van der Waals surface area contributed by atoms with Gasteiger partial charge in [0.1, 0.15) is 6.10 Å². The number of aliphatic hydroxyl groups excluding tert-OH is 1. The maximum atomic E-state index is 12.8. The second kappa shape index (κ2) is 6.02. The predicted molar refractivity (Wildman–Crippen MR) is 76.2 cm³/mol.